The normalized spacial score (nSPS) is 10.2. The highest BCUT2D eigenvalue weighted by atomic mass is 79.9. The molecule has 0 aliphatic rings. The first-order chi connectivity index (χ1) is 11.7. The van der Waals surface area contributed by atoms with Crippen LogP contribution in [0.1, 0.15) is 5.56 Å². The summed E-state index contributed by atoms with van der Waals surface area (Å²) >= 11 is 3.32. The van der Waals surface area contributed by atoms with Gasteiger partial charge in [-0.2, -0.15) is 0 Å². The molecule has 2 aromatic heterocycles. The van der Waals surface area contributed by atoms with E-state index in [2.05, 4.69) is 36.2 Å². The van der Waals surface area contributed by atoms with Crippen LogP contribution >= 0.6 is 15.9 Å². The van der Waals surface area contributed by atoms with Gasteiger partial charge in [-0.1, -0.05) is 30.3 Å². The molecule has 0 unspecified atom stereocenters. The molecule has 1 amide bonds. The number of hydrogen-bond acceptors (Lipinski definition) is 5. The van der Waals surface area contributed by atoms with Crippen LogP contribution in [0.3, 0.4) is 0 Å². The van der Waals surface area contributed by atoms with E-state index in [4.69, 9.17) is 4.74 Å². The number of halogens is 1. The quantitative estimate of drug-likeness (QED) is 0.733. The van der Waals surface area contributed by atoms with Crippen molar-refractivity contribution in [2.45, 2.75) is 6.61 Å². The van der Waals surface area contributed by atoms with Crippen molar-refractivity contribution in [3.05, 3.63) is 71.1 Å². The van der Waals surface area contributed by atoms with Gasteiger partial charge in [-0.15, -0.1) is 0 Å². The summed E-state index contributed by atoms with van der Waals surface area (Å²) in [6.07, 6.45) is 4.30. The maximum absolute atomic E-state index is 12.0. The number of hydrogen-bond donors (Lipinski definition) is 1. The summed E-state index contributed by atoms with van der Waals surface area (Å²) < 4.78 is 5.76. The molecule has 6 nitrogen and oxygen atoms in total. The average molecular weight is 385 g/mol. The van der Waals surface area contributed by atoms with Gasteiger partial charge >= 0.3 is 6.09 Å². The highest BCUT2D eigenvalue weighted by Gasteiger charge is 2.11. The summed E-state index contributed by atoms with van der Waals surface area (Å²) in [4.78, 5) is 24.5. The molecule has 1 N–H and O–H groups in total. The van der Waals surface area contributed by atoms with Crippen LogP contribution in [-0.4, -0.2) is 21.0 Å². The molecule has 24 heavy (non-hydrogen) atoms. The van der Waals surface area contributed by atoms with E-state index in [0.717, 1.165) is 11.1 Å². The summed E-state index contributed by atoms with van der Waals surface area (Å²) in [5.41, 5.74) is 1.71. The van der Waals surface area contributed by atoms with E-state index in [9.17, 15) is 4.79 Å². The maximum Gasteiger partial charge on any atom is 0.413 e. The van der Waals surface area contributed by atoms with Gasteiger partial charge in [-0.25, -0.2) is 14.8 Å². The van der Waals surface area contributed by atoms with E-state index in [1.807, 2.05) is 30.3 Å². The molecule has 3 rings (SSSR count). The van der Waals surface area contributed by atoms with E-state index in [-0.39, 0.29) is 6.61 Å². The second-order valence-corrected chi connectivity index (χ2v) is 5.67. The topological polar surface area (TPSA) is 77.0 Å². The van der Waals surface area contributed by atoms with Crippen LogP contribution < -0.4 is 5.32 Å². The number of ether oxygens (including phenoxy) is 1. The Morgan fingerprint density at radius 1 is 1.12 bits per heavy atom. The van der Waals surface area contributed by atoms with Crippen LogP contribution in [0, 0.1) is 0 Å². The first kappa shape index (κ1) is 16.1. The predicted octanol–water partition coefficient (Wildman–Crippen LogP) is 4.05. The Bertz CT molecular complexity index is 829. The lowest BCUT2D eigenvalue weighted by Crippen LogP contribution is -2.15. The van der Waals surface area contributed by atoms with Crippen molar-refractivity contribution in [2.75, 3.05) is 5.32 Å². The zero-order valence-electron chi connectivity index (χ0n) is 12.5. The van der Waals surface area contributed by atoms with E-state index in [1.54, 1.807) is 30.7 Å². The number of nitrogens with one attached hydrogen (secondary N) is 1. The number of aromatic nitrogens is 3. The zero-order valence-corrected chi connectivity index (χ0v) is 14.1. The highest BCUT2D eigenvalue weighted by Crippen LogP contribution is 2.23. The number of nitrogens with zero attached hydrogens (tertiary/aromatic N) is 3. The van der Waals surface area contributed by atoms with Crippen molar-refractivity contribution >= 4 is 27.8 Å². The Kier molecular flexibility index (Phi) is 5.12. The van der Waals surface area contributed by atoms with Crippen LogP contribution in [0.5, 0.6) is 0 Å². The third kappa shape index (κ3) is 4.14. The summed E-state index contributed by atoms with van der Waals surface area (Å²) in [6, 6.07) is 13.0. The van der Waals surface area contributed by atoms with E-state index in [1.165, 1.54) is 0 Å². The minimum absolute atomic E-state index is 0.187. The molecule has 0 atom stereocenters. The number of carbonyl (C=O) groups excluding carboxylic acids is 1. The minimum atomic E-state index is -0.584. The van der Waals surface area contributed by atoms with Crippen LogP contribution in [-0.2, 0) is 11.3 Å². The van der Waals surface area contributed by atoms with Gasteiger partial charge in [0.25, 0.3) is 0 Å². The monoisotopic (exact) mass is 384 g/mol. The molecule has 120 valence electrons. The fraction of sp³-hybridized carbons (Fsp3) is 0.0588. The zero-order chi connectivity index (χ0) is 16.8. The number of carbonyl (C=O) groups is 1. The number of anilines is 1. The number of pyridine rings is 1. The van der Waals surface area contributed by atoms with Gasteiger partial charge in [-0.05, 0) is 33.6 Å². The Balaban J connectivity index is 1.69. The average Bonchev–Trinajstić information content (AvgIpc) is 2.63. The van der Waals surface area contributed by atoms with Crippen molar-refractivity contribution in [1.29, 1.82) is 0 Å². The van der Waals surface area contributed by atoms with Crippen molar-refractivity contribution in [1.82, 2.24) is 15.0 Å². The van der Waals surface area contributed by atoms with Crippen molar-refractivity contribution in [3.8, 4) is 11.4 Å². The Hall–Kier alpha value is -2.80. The number of benzene rings is 1. The SMILES string of the molecule is O=C(Nc1nc(-c2ccncc2)ncc1Br)OCc1ccccc1. The molecule has 0 radical (unpaired) electrons. The van der Waals surface area contributed by atoms with E-state index < -0.39 is 6.09 Å². The van der Waals surface area contributed by atoms with Gasteiger partial charge in [0, 0.05) is 24.2 Å². The summed E-state index contributed by atoms with van der Waals surface area (Å²) in [7, 11) is 0. The molecule has 7 heteroatoms. The van der Waals surface area contributed by atoms with Gasteiger partial charge in [0.05, 0.1) is 4.47 Å². The predicted molar refractivity (Wildman–Crippen MR) is 93.2 cm³/mol. The Morgan fingerprint density at radius 3 is 2.62 bits per heavy atom. The molecule has 0 saturated heterocycles. The maximum atomic E-state index is 12.0. The third-order valence-electron chi connectivity index (χ3n) is 3.12. The first-order valence-corrected chi connectivity index (χ1v) is 7.92. The largest absolute Gasteiger partial charge is 0.444 e. The summed E-state index contributed by atoms with van der Waals surface area (Å²) in [5, 5.41) is 2.62. The second kappa shape index (κ2) is 7.65. The molecular weight excluding hydrogens is 372 g/mol. The van der Waals surface area contributed by atoms with Crippen LogP contribution in [0.15, 0.2) is 65.5 Å². The molecular formula is C17H13BrN4O2. The molecule has 0 aliphatic carbocycles. The molecule has 0 fully saturated rings. The molecule has 1 aromatic carbocycles. The van der Waals surface area contributed by atoms with Gasteiger partial charge in [0.1, 0.15) is 6.61 Å². The number of amides is 1. The van der Waals surface area contributed by atoms with Gasteiger partial charge in [0.15, 0.2) is 11.6 Å². The molecule has 2 heterocycles. The second-order valence-electron chi connectivity index (χ2n) is 4.81. The van der Waals surface area contributed by atoms with Crippen LogP contribution in [0.25, 0.3) is 11.4 Å². The lowest BCUT2D eigenvalue weighted by Gasteiger charge is -2.09. The van der Waals surface area contributed by atoms with E-state index >= 15 is 0 Å². The summed E-state index contributed by atoms with van der Waals surface area (Å²) in [6.45, 7) is 0.187. The smallest absolute Gasteiger partial charge is 0.413 e. The summed E-state index contributed by atoms with van der Waals surface area (Å²) in [5.74, 6) is 0.828. The standard InChI is InChI=1S/C17H13BrN4O2/c18-14-10-20-15(13-6-8-19-9-7-13)21-16(14)22-17(23)24-11-12-4-2-1-3-5-12/h1-10H,11H2,(H,20,21,22,23). The van der Waals surface area contributed by atoms with Gasteiger partial charge in [0.2, 0.25) is 0 Å². The van der Waals surface area contributed by atoms with Crippen molar-refractivity contribution in [2.24, 2.45) is 0 Å². The van der Waals surface area contributed by atoms with Crippen molar-refractivity contribution < 1.29 is 9.53 Å². The number of rotatable bonds is 4. The lowest BCUT2D eigenvalue weighted by molar-refractivity contribution is 0.155. The third-order valence-corrected chi connectivity index (χ3v) is 3.70. The van der Waals surface area contributed by atoms with E-state index in [0.29, 0.717) is 16.1 Å². The fourth-order valence-electron chi connectivity index (χ4n) is 1.95. The van der Waals surface area contributed by atoms with Crippen molar-refractivity contribution in [3.63, 3.8) is 0 Å². The molecule has 0 aliphatic heterocycles. The lowest BCUT2D eigenvalue weighted by atomic mass is 10.2. The van der Waals surface area contributed by atoms with Gasteiger partial charge in [-0.3, -0.25) is 10.3 Å². The van der Waals surface area contributed by atoms with Gasteiger partial charge < -0.3 is 4.74 Å². The fourth-order valence-corrected chi connectivity index (χ4v) is 2.24. The van der Waals surface area contributed by atoms with Crippen LogP contribution in [0.4, 0.5) is 10.6 Å². The highest BCUT2D eigenvalue weighted by molar-refractivity contribution is 9.10. The molecule has 0 saturated carbocycles. The minimum Gasteiger partial charge on any atom is -0.444 e. The first-order valence-electron chi connectivity index (χ1n) is 7.13. The Labute approximate surface area is 147 Å². The Morgan fingerprint density at radius 2 is 1.88 bits per heavy atom. The molecule has 0 bridgehead atoms. The molecule has 0 spiro atoms. The van der Waals surface area contributed by atoms with Crippen LogP contribution in [0.2, 0.25) is 0 Å². The molecule has 3 aromatic rings.